The second-order valence-corrected chi connectivity index (χ2v) is 9.35. The molecule has 0 unspecified atom stereocenters. The van der Waals surface area contributed by atoms with Crippen LogP contribution in [0.1, 0.15) is 17.3 Å². The average molecular weight is 559 g/mol. The number of nitrogens with one attached hydrogen (secondary N) is 1. The molecule has 0 aliphatic carbocycles. The summed E-state index contributed by atoms with van der Waals surface area (Å²) in [7, 11) is 0. The van der Waals surface area contributed by atoms with Crippen molar-refractivity contribution < 1.29 is 32.3 Å². The van der Waals surface area contributed by atoms with Gasteiger partial charge in [-0.05, 0) is 19.1 Å². The molecule has 0 radical (unpaired) electrons. The average Bonchev–Trinajstić information content (AvgIpc) is 3.57. The summed E-state index contributed by atoms with van der Waals surface area (Å²) in [5.41, 5.74) is -0.529. The topological polar surface area (TPSA) is 126 Å². The fourth-order valence-electron chi connectivity index (χ4n) is 4.69. The highest BCUT2D eigenvalue weighted by Gasteiger charge is 2.35. The van der Waals surface area contributed by atoms with Crippen LogP contribution in [0, 0.1) is 17.6 Å². The van der Waals surface area contributed by atoms with E-state index in [4.69, 9.17) is 4.74 Å². The Morgan fingerprint density at radius 3 is 2.50 bits per heavy atom. The predicted octanol–water partition coefficient (Wildman–Crippen LogP) is 1.58. The van der Waals surface area contributed by atoms with Crippen LogP contribution < -0.4 is 15.1 Å². The standard InChI is InChI=1S/C25H25F3N8O4/c1-15(31-23(37)18-3-2-4-29-22(18)28)24(38)34-9-7-33(8-10-34)21-19(26)11-16(12-20(21)27)36-14-17(40-25(36)39)13-35-6-5-30-32-35/h2-6,11-12,15,17H,7-10,13-14H2,1H3,(H,31,37)/t15-,17+/m1/s1. The lowest BCUT2D eigenvalue weighted by atomic mass is 10.1. The van der Waals surface area contributed by atoms with E-state index in [1.165, 1.54) is 45.9 Å². The molecule has 3 aromatic rings. The van der Waals surface area contributed by atoms with Crippen LogP contribution in [0.5, 0.6) is 0 Å². The number of ether oxygens (including phenoxy) is 1. The van der Waals surface area contributed by atoms with Crippen molar-refractivity contribution >= 4 is 29.3 Å². The highest BCUT2D eigenvalue weighted by atomic mass is 19.1. The molecule has 1 N–H and O–H groups in total. The van der Waals surface area contributed by atoms with Crippen LogP contribution in [0.25, 0.3) is 0 Å². The number of halogens is 3. The third kappa shape index (κ3) is 5.53. The Labute approximate surface area is 226 Å². The van der Waals surface area contributed by atoms with E-state index in [9.17, 15) is 18.8 Å². The normalized spacial score (nSPS) is 18.1. The molecule has 15 heteroatoms. The highest BCUT2D eigenvalue weighted by Crippen LogP contribution is 2.31. The van der Waals surface area contributed by atoms with Gasteiger partial charge in [-0.15, -0.1) is 5.10 Å². The van der Waals surface area contributed by atoms with E-state index in [1.54, 1.807) is 6.20 Å². The first-order valence-corrected chi connectivity index (χ1v) is 12.5. The fourth-order valence-corrected chi connectivity index (χ4v) is 4.69. The number of hydrogen-bond donors (Lipinski definition) is 1. The third-order valence-corrected chi connectivity index (χ3v) is 6.68. The minimum atomic E-state index is -0.958. The van der Waals surface area contributed by atoms with Gasteiger partial charge in [0.2, 0.25) is 11.9 Å². The summed E-state index contributed by atoms with van der Waals surface area (Å²) >= 11 is 0. The van der Waals surface area contributed by atoms with E-state index in [1.807, 2.05) is 0 Å². The first kappa shape index (κ1) is 26.9. The monoisotopic (exact) mass is 558 g/mol. The van der Waals surface area contributed by atoms with Gasteiger partial charge in [-0.1, -0.05) is 5.21 Å². The molecule has 2 saturated heterocycles. The van der Waals surface area contributed by atoms with Gasteiger partial charge >= 0.3 is 6.09 Å². The number of rotatable bonds is 7. The number of hydrogen-bond acceptors (Lipinski definition) is 8. The first-order chi connectivity index (χ1) is 19.2. The number of anilines is 2. The molecule has 0 bridgehead atoms. The number of carbonyl (C=O) groups excluding carboxylic acids is 3. The van der Waals surface area contributed by atoms with Crippen molar-refractivity contribution in [3.63, 3.8) is 0 Å². The van der Waals surface area contributed by atoms with E-state index < -0.39 is 47.6 Å². The minimum Gasteiger partial charge on any atom is -0.442 e. The maximum atomic E-state index is 15.2. The number of piperazine rings is 1. The van der Waals surface area contributed by atoms with Crippen molar-refractivity contribution in [2.45, 2.75) is 25.6 Å². The number of aromatic nitrogens is 4. The van der Waals surface area contributed by atoms with Gasteiger partial charge in [-0.3, -0.25) is 14.5 Å². The lowest BCUT2D eigenvalue weighted by molar-refractivity contribution is -0.133. The second kappa shape index (κ2) is 11.2. The van der Waals surface area contributed by atoms with Crippen molar-refractivity contribution in [1.82, 2.24) is 30.2 Å². The lowest BCUT2D eigenvalue weighted by Crippen LogP contribution is -2.54. The van der Waals surface area contributed by atoms with E-state index >= 15 is 8.78 Å². The Morgan fingerprint density at radius 2 is 1.85 bits per heavy atom. The van der Waals surface area contributed by atoms with Crippen LogP contribution in [-0.4, -0.2) is 87.7 Å². The molecule has 0 saturated carbocycles. The summed E-state index contributed by atoms with van der Waals surface area (Å²) in [4.78, 5) is 45.0. The zero-order valence-electron chi connectivity index (χ0n) is 21.3. The molecule has 12 nitrogen and oxygen atoms in total. The van der Waals surface area contributed by atoms with Gasteiger partial charge in [-0.2, -0.15) is 4.39 Å². The van der Waals surface area contributed by atoms with Crippen molar-refractivity contribution in [1.29, 1.82) is 0 Å². The number of cyclic esters (lactones) is 1. The number of nitrogens with zero attached hydrogens (tertiary/aromatic N) is 7. The van der Waals surface area contributed by atoms with Crippen LogP contribution in [0.4, 0.5) is 29.3 Å². The Hall–Kier alpha value is -4.69. The van der Waals surface area contributed by atoms with Gasteiger partial charge < -0.3 is 19.9 Å². The molecule has 2 aliphatic rings. The quantitative estimate of drug-likeness (QED) is 0.434. The molecule has 2 fully saturated rings. The van der Waals surface area contributed by atoms with Gasteiger partial charge in [0.05, 0.1) is 30.5 Å². The Balaban J connectivity index is 1.19. The van der Waals surface area contributed by atoms with Crippen LogP contribution in [-0.2, 0) is 16.1 Å². The summed E-state index contributed by atoms with van der Waals surface area (Å²) in [5.74, 6) is -3.86. The number of benzene rings is 1. The van der Waals surface area contributed by atoms with Crippen molar-refractivity contribution in [2.24, 2.45) is 0 Å². The molecule has 2 aromatic heterocycles. The fraction of sp³-hybridized carbons (Fsp3) is 0.360. The molecule has 2 aliphatic heterocycles. The highest BCUT2D eigenvalue weighted by molar-refractivity contribution is 5.97. The van der Waals surface area contributed by atoms with E-state index in [0.29, 0.717) is 0 Å². The second-order valence-electron chi connectivity index (χ2n) is 9.35. The predicted molar refractivity (Wildman–Crippen MR) is 134 cm³/mol. The number of pyridine rings is 1. The Kier molecular flexibility index (Phi) is 7.53. The molecular weight excluding hydrogens is 533 g/mol. The van der Waals surface area contributed by atoms with Gasteiger partial charge in [0, 0.05) is 50.7 Å². The minimum absolute atomic E-state index is 0.0215. The van der Waals surface area contributed by atoms with Gasteiger partial charge in [0.25, 0.3) is 5.91 Å². The SMILES string of the molecule is C[C@@H](NC(=O)c1cccnc1F)C(=O)N1CCN(c2c(F)cc(N3C[C@H](Cn4ccnn4)OC3=O)cc2F)CC1. The third-order valence-electron chi connectivity index (χ3n) is 6.68. The zero-order chi connectivity index (χ0) is 28.4. The Bertz CT molecular complexity index is 1390. The summed E-state index contributed by atoms with van der Waals surface area (Å²) in [6.07, 6.45) is 3.01. The van der Waals surface area contributed by atoms with Crippen molar-refractivity contribution in [3.8, 4) is 0 Å². The van der Waals surface area contributed by atoms with Crippen molar-refractivity contribution in [3.05, 3.63) is 66.0 Å². The van der Waals surface area contributed by atoms with Crippen molar-refractivity contribution in [2.75, 3.05) is 42.5 Å². The molecule has 1 aromatic carbocycles. The van der Waals surface area contributed by atoms with Gasteiger partial charge in [-0.25, -0.2) is 23.2 Å². The zero-order valence-corrected chi connectivity index (χ0v) is 21.3. The maximum Gasteiger partial charge on any atom is 0.414 e. The van der Waals surface area contributed by atoms with Gasteiger partial charge in [0.15, 0.2) is 11.6 Å². The van der Waals surface area contributed by atoms with E-state index in [0.717, 1.165) is 17.0 Å². The summed E-state index contributed by atoms with van der Waals surface area (Å²) in [5, 5.41) is 9.96. The Morgan fingerprint density at radius 1 is 1.12 bits per heavy atom. The van der Waals surface area contributed by atoms with Crippen LogP contribution >= 0.6 is 0 Å². The van der Waals surface area contributed by atoms with Crippen LogP contribution in [0.15, 0.2) is 42.9 Å². The van der Waals surface area contributed by atoms with Crippen LogP contribution in [0.3, 0.4) is 0 Å². The lowest BCUT2D eigenvalue weighted by Gasteiger charge is -2.37. The molecule has 40 heavy (non-hydrogen) atoms. The molecule has 5 rings (SSSR count). The molecule has 3 amide bonds. The van der Waals surface area contributed by atoms with E-state index in [2.05, 4.69) is 20.6 Å². The summed E-state index contributed by atoms with van der Waals surface area (Å²) in [6, 6.07) is 3.85. The largest absolute Gasteiger partial charge is 0.442 e. The molecule has 2 atom stereocenters. The smallest absolute Gasteiger partial charge is 0.414 e. The molecule has 210 valence electrons. The van der Waals surface area contributed by atoms with E-state index in [-0.39, 0.29) is 56.2 Å². The molecule has 0 spiro atoms. The summed E-state index contributed by atoms with van der Waals surface area (Å²) in [6.45, 7) is 2.34. The first-order valence-electron chi connectivity index (χ1n) is 12.5. The number of carbonyl (C=O) groups is 3. The van der Waals surface area contributed by atoms with Gasteiger partial charge in [0.1, 0.15) is 17.8 Å². The maximum absolute atomic E-state index is 15.2. The molecule has 4 heterocycles. The number of amides is 3. The van der Waals surface area contributed by atoms with Crippen LogP contribution in [0.2, 0.25) is 0 Å². The summed E-state index contributed by atoms with van der Waals surface area (Å²) < 4.78 is 50.9. The molecular formula is C25H25F3N8O4.